The summed E-state index contributed by atoms with van der Waals surface area (Å²) < 4.78 is 7.61. The zero-order chi connectivity index (χ0) is 22.6. The molecule has 33 heavy (non-hydrogen) atoms. The van der Waals surface area contributed by atoms with Crippen LogP contribution in [-0.2, 0) is 13.7 Å². The highest BCUT2D eigenvalue weighted by Crippen LogP contribution is 2.23. The van der Waals surface area contributed by atoms with Crippen molar-refractivity contribution in [2.75, 3.05) is 13.1 Å². The molecule has 168 valence electrons. The first kappa shape index (κ1) is 21.2. The van der Waals surface area contributed by atoms with Gasteiger partial charge in [-0.1, -0.05) is 48.5 Å². The van der Waals surface area contributed by atoms with Crippen LogP contribution in [0.2, 0.25) is 0 Å². The summed E-state index contributed by atoms with van der Waals surface area (Å²) in [6.45, 7) is 2.24. The molecule has 1 fully saturated rings. The average molecular weight is 442 g/mol. The van der Waals surface area contributed by atoms with E-state index in [1.165, 1.54) is 5.56 Å². The second kappa shape index (κ2) is 9.42. The number of aryl methyl sites for hydroxylation is 1. The van der Waals surface area contributed by atoms with Crippen LogP contribution in [0.25, 0.3) is 22.2 Å². The third-order valence-corrected chi connectivity index (χ3v) is 5.97. The highest BCUT2D eigenvalue weighted by Gasteiger charge is 2.21. The molecule has 3 heterocycles. The molecule has 5 rings (SSSR count). The number of piperidine rings is 1. The van der Waals surface area contributed by atoms with E-state index < -0.39 is 0 Å². The number of carbonyl (C=O) groups is 1. The molecular weight excluding hydrogens is 414 g/mol. The summed E-state index contributed by atoms with van der Waals surface area (Å²) in [7, 11) is 1.80. The molecule has 4 aromatic rings. The Kier molecular flexibility index (Phi) is 6.04. The van der Waals surface area contributed by atoms with Gasteiger partial charge in [0.2, 0.25) is 5.88 Å². The van der Waals surface area contributed by atoms with Crippen molar-refractivity contribution in [3.8, 4) is 17.0 Å². The Labute approximate surface area is 192 Å². The van der Waals surface area contributed by atoms with Crippen molar-refractivity contribution in [2.24, 2.45) is 7.05 Å². The molecule has 1 saturated heterocycles. The third kappa shape index (κ3) is 4.73. The Hall–Kier alpha value is -3.71. The summed E-state index contributed by atoms with van der Waals surface area (Å²) in [6.07, 6.45) is 1.86. The lowest BCUT2D eigenvalue weighted by molar-refractivity contribution is 0.0925. The highest BCUT2D eigenvalue weighted by atomic mass is 16.5. The number of ether oxygens (including phenoxy) is 1. The van der Waals surface area contributed by atoms with Gasteiger partial charge in [-0.2, -0.15) is 10.1 Å². The van der Waals surface area contributed by atoms with Gasteiger partial charge in [-0.05, 0) is 54.8 Å². The van der Waals surface area contributed by atoms with E-state index in [0.717, 1.165) is 42.4 Å². The van der Waals surface area contributed by atoms with Crippen molar-refractivity contribution in [2.45, 2.75) is 25.5 Å². The lowest BCUT2D eigenvalue weighted by Gasteiger charge is -2.23. The molecule has 2 N–H and O–H groups in total. The maximum atomic E-state index is 12.8. The second-order valence-corrected chi connectivity index (χ2v) is 8.35. The van der Waals surface area contributed by atoms with Crippen molar-refractivity contribution in [3.63, 3.8) is 0 Å². The van der Waals surface area contributed by atoms with E-state index in [0.29, 0.717) is 23.8 Å². The fourth-order valence-electron chi connectivity index (χ4n) is 4.21. The van der Waals surface area contributed by atoms with Gasteiger partial charge >= 0.3 is 0 Å². The van der Waals surface area contributed by atoms with Crippen molar-refractivity contribution >= 4 is 16.9 Å². The van der Waals surface area contributed by atoms with E-state index in [1.807, 2.05) is 36.4 Å². The Morgan fingerprint density at radius 1 is 1.06 bits per heavy atom. The zero-order valence-electron chi connectivity index (χ0n) is 18.6. The number of rotatable bonds is 6. The van der Waals surface area contributed by atoms with Crippen molar-refractivity contribution in [1.29, 1.82) is 0 Å². The smallest absolute Gasteiger partial charge is 0.272 e. The Balaban J connectivity index is 1.30. The van der Waals surface area contributed by atoms with Crippen LogP contribution in [0.5, 0.6) is 5.88 Å². The maximum absolute atomic E-state index is 12.8. The van der Waals surface area contributed by atoms with Crippen LogP contribution in [0.15, 0.2) is 66.7 Å². The number of hydrogen-bond donors (Lipinski definition) is 2. The van der Waals surface area contributed by atoms with E-state index in [2.05, 4.69) is 45.0 Å². The molecule has 0 unspecified atom stereocenters. The van der Waals surface area contributed by atoms with E-state index in [1.54, 1.807) is 17.8 Å². The Morgan fingerprint density at radius 3 is 2.67 bits per heavy atom. The summed E-state index contributed by atoms with van der Waals surface area (Å²) in [5.74, 6) is 0.349. The largest absolute Gasteiger partial charge is 0.473 e. The van der Waals surface area contributed by atoms with E-state index in [-0.39, 0.29) is 11.9 Å². The molecule has 2 aromatic carbocycles. The van der Waals surface area contributed by atoms with Gasteiger partial charge in [0.1, 0.15) is 6.61 Å². The molecule has 1 aliphatic heterocycles. The lowest BCUT2D eigenvalue weighted by atomic mass is 10.0. The van der Waals surface area contributed by atoms with Crippen molar-refractivity contribution in [1.82, 2.24) is 25.4 Å². The number of pyridine rings is 1. The average Bonchev–Trinajstić information content (AvgIpc) is 3.20. The number of benzene rings is 2. The molecule has 7 nitrogen and oxygen atoms in total. The predicted octanol–water partition coefficient (Wildman–Crippen LogP) is 3.70. The lowest BCUT2D eigenvalue weighted by Crippen LogP contribution is -2.42. The van der Waals surface area contributed by atoms with Gasteiger partial charge < -0.3 is 15.4 Å². The van der Waals surface area contributed by atoms with Gasteiger partial charge in [0.05, 0.1) is 5.39 Å². The van der Waals surface area contributed by atoms with Gasteiger partial charge in [0, 0.05) is 19.2 Å². The molecule has 0 spiro atoms. The molecule has 0 radical (unpaired) electrons. The van der Waals surface area contributed by atoms with Crippen LogP contribution in [0.1, 0.15) is 28.9 Å². The molecular formula is C26H27N5O2. The summed E-state index contributed by atoms with van der Waals surface area (Å²) in [5.41, 5.74) is 4.41. The molecule has 0 atom stereocenters. The molecule has 7 heteroatoms. The van der Waals surface area contributed by atoms with Gasteiger partial charge in [-0.15, -0.1) is 0 Å². The minimum Gasteiger partial charge on any atom is -0.473 e. The SMILES string of the molecule is Cn1nc(C(=O)NC2CCNCC2)c2ccc(OCc3cccc(-c4ccccc4)c3)nc21. The normalized spacial score (nSPS) is 14.3. The molecule has 0 aliphatic carbocycles. The van der Waals surface area contributed by atoms with Gasteiger partial charge in [-0.3, -0.25) is 4.79 Å². The van der Waals surface area contributed by atoms with Crippen LogP contribution in [0.4, 0.5) is 0 Å². The van der Waals surface area contributed by atoms with E-state index in [9.17, 15) is 4.79 Å². The Morgan fingerprint density at radius 2 is 1.85 bits per heavy atom. The topological polar surface area (TPSA) is 81.1 Å². The number of nitrogens with zero attached hydrogens (tertiary/aromatic N) is 3. The molecule has 1 aliphatic rings. The standard InChI is InChI=1S/C26H27N5O2/c1-31-25-22(24(30-31)26(32)28-21-12-14-27-15-13-21)10-11-23(29-25)33-17-18-6-5-9-20(16-18)19-7-3-2-4-8-19/h2-11,16,21,27H,12-15,17H2,1H3,(H,28,32). The quantitative estimate of drug-likeness (QED) is 0.477. The zero-order valence-corrected chi connectivity index (χ0v) is 18.6. The summed E-state index contributed by atoms with van der Waals surface area (Å²) in [6, 6.07) is 22.4. The van der Waals surface area contributed by atoms with Crippen molar-refractivity contribution in [3.05, 3.63) is 78.0 Å². The fourth-order valence-corrected chi connectivity index (χ4v) is 4.21. The minimum atomic E-state index is -0.152. The van der Waals surface area contributed by atoms with Crippen LogP contribution < -0.4 is 15.4 Å². The van der Waals surface area contributed by atoms with Crippen LogP contribution in [-0.4, -0.2) is 39.8 Å². The number of fused-ring (bicyclic) bond motifs is 1. The summed E-state index contributed by atoms with van der Waals surface area (Å²) in [4.78, 5) is 17.4. The first-order valence-electron chi connectivity index (χ1n) is 11.3. The van der Waals surface area contributed by atoms with Crippen LogP contribution >= 0.6 is 0 Å². The Bertz CT molecular complexity index is 1260. The van der Waals surface area contributed by atoms with E-state index in [4.69, 9.17) is 4.74 Å². The summed E-state index contributed by atoms with van der Waals surface area (Å²) in [5, 5.41) is 11.6. The first-order valence-corrected chi connectivity index (χ1v) is 11.3. The number of hydrogen-bond acceptors (Lipinski definition) is 5. The predicted molar refractivity (Wildman–Crippen MR) is 128 cm³/mol. The highest BCUT2D eigenvalue weighted by molar-refractivity contribution is 6.04. The van der Waals surface area contributed by atoms with Crippen LogP contribution in [0.3, 0.4) is 0 Å². The summed E-state index contributed by atoms with van der Waals surface area (Å²) >= 11 is 0. The maximum Gasteiger partial charge on any atom is 0.272 e. The third-order valence-electron chi connectivity index (χ3n) is 5.97. The number of aromatic nitrogens is 3. The van der Waals surface area contributed by atoms with Gasteiger partial charge in [0.25, 0.3) is 5.91 Å². The van der Waals surface area contributed by atoms with Gasteiger partial charge in [-0.25, -0.2) is 4.68 Å². The second-order valence-electron chi connectivity index (χ2n) is 8.35. The molecule has 0 bridgehead atoms. The van der Waals surface area contributed by atoms with Crippen LogP contribution in [0, 0.1) is 0 Å². The fraction of sp³-hybridized carbons (Fsp3) is 0.269. The number of amides is 1. The van der Waals surface area contributed by atoms with Crippen molar-refractivity contribution < 1.29 is 9.53 Å². The number of carbonyl (C=O) groups excluding carboxylic acids is 1. The monoisotopic (exact) mass is 441 g/mol. The first-order chi connectivity index (χ1) is 16.2. The van der Waals surface area contributed by atoms with E-state index >= 15 is 0 Å². The van der Waals surface area contributed by atoms with Gasteiger partial charge in [0.15, 0.2) is 11.3 Å². The minimum absolute atomic E-state index is 0.152. The molecule has 2 aromatic heterocycles. The molecule has 0 saturated carbocycles. The number of nitrogens with one attached hydrogen (secondary N) is 2. The molecule has 1 amide bonds.